The van der Waals surface area contributed by atoms with Crippen LogP contribution in [0.1, 0.15) is 35.1 Å². The van der Waals surface area contributed by atoms with Gasteiger partial charge < -0.3 is 14.8 Å². The first-order valence-corrected chi connectivity index (χ1v) is 9.33. The Bertz CT molecular complexity index is 611. The van der Waals surface area contributed by atoms with E-state index < -0.39 is 0 Å². The number of ether oxygens (including phenoxy) is 2. The Morgan fingerprint density at radius 3 is 2.83 bits per heavy atom. The van der Waals surface area contributed by atoms with Gasteiger partial charge in [0, 0.05) is 11.6 Å². The largest absolute Gasteiger partial charge is 0.345 e. The molecular weight excluding hydrogens is 330 g/mol. The lowest BCUT2D eigenvalue weighted by molar-refractivity contribution is -0.0413. The summed E-state index contributed by atoms with van der Waals surface area (Å²) in [6, 6.07) is 10.3. The van der Waals surface area contributed by atoms with Crippen molar-refractivity contribution in [1.29, 1.82) is 0 Å². The SMILES string of the molecule is Clc1cccc(CCCCNCc2csc(C3OCCO3)c2)c1. The quantitative estimate of drug-likeness (QED) is 0.707. The molecule has 0 aliphatic carbocycles. The van der Waals surface area contributed by atoms with Crippen molar-refractivity contribution < 1.29 is 9.47 Å². The summed E-state index contributed by atoms with van der Waals surface area (Å²) in [6.07, 6.45) is 3.28. The zero-order valence-corrected chi connectivity index (χ0v) is 14.7. The molecule has 0 amide bonds. The third kappa shape index (κ3) is 5.30. The lowest BCUT2D eigenvalue weighted by Crippen LogP contribution is -2.14. The van der Waals surface area contributed by atoms with Gasteiger partial charge in [0.2, 0.25) is 0 Å². The van der Waals surface area contributed by atoms with E-state index in [-0.39, 0.29) is 6.29 Å². The van der Waals surface area contributed by atoms with Crippen LogP contribution in [0.5, 0.6) is 0 Å². The molecule has 1 aromatic heterocycles. The highest BCUT2D eigenvalue weighted by Gasteiger charge is 2.19. The molecule has 23 heavy (non-hydrogen) atoms. The molecule has 0 bridgehead atoms. The third-order valence-corrected chi connectivity index (χ3v) is 5.05. The highest BCUT2D eigenvalue weighted by atomic mass is 35.5. The number of unbranched alkanes of at least 4 members (excludes halogenated alkanes) is 1. The molecule has 0 atom stereocenters. The fraction of sp³-hybridized carbons (Fsp3) is 0.444. The minimum absolute atomic E-state index is 0.147. The van der Waals surface area contributed by atoms with Gasteiger partial charge in [0.1, 0.15) is 0 Å². The van der Waals surface area contributed by atoms with Crippen molar-refractivity contribution in [3.63, 3.8) is 0 Å². The van der Waals surface area contributed by atoms with E-state index in [9.17, 15) is 0 Å². The van der Waals surface area contributed by atoms with Gasteiger partial charge in [-0.3, -0.25) is 0 Å². The number of nitrogens with one attached hydrogen (secondary N) is 1. The molecule has 2 aromatic rings. The van der Waals surface area contributed by atoms with Gasteiger partial charge in [-0.15, -0.1) is 11.3 Å². The van der Waals surface area contributed by atoms with E-state index in [0.717, 1.165) is 24.5 Å². The summed E-state index contributed by atoms with van der Waals surface area (Å²) >= 11 is 7.71. The standard InChI is InChI=1S/C18H22ClNO2S/c19-16-6-3-5-14(10-16)4-1-2-7-20-12-15-11-17(23-13-15)18-21-8-9-22-18/h3,5-6,10-11,13,18,20H,1-2,4,7-9,12H2. The fourth-order valence-electron chi connectivity index (χ4n) is 2.64. The monoisotopic (exact) mass is 351 g/mol. The Morgan fingerprint density at radius 1 is 1.13 bits per heavy atom. The van der Waals surface area contributed by atoms with Crippen molar-refractivity contribution >= 4 is 22.9 Å². The highest BCUT2D eigenvalue weighted by molar-refractivity contribution is 7.10. The van der Waals surface area contributed by atoms with Crippen LogP contribution >= 0.6 is 22.9 Å². The van der Waals surface area contributed by atoms with Crippen molar-refractivity contribution in [3.05, 3.63) is 56.7 Å². The van der Waals surface area contributed by atoms with Crippen LogP contribution in [0, 0.1) is 0 Å². The van der Waals surface area contributed by atoms with Crippen molar-refractivity contribution in [2.24, 2.45) is 0 Å². The summed E-state index contributed by atoms with van der Waals surface area (Å²) in [5.41, 5.74) is 2.62. The molecule has 1 saturated heterocycles. The fourth-order valence-corrected chi connectivity index (χ4v) is 3.76. The summed E-state index contributed by atoms with van der Waals surface area (Å²) in [5.74, 6) is 0. The maximum absolute atomic E-state index is 6.00. The molecule has 1 aliphatic rings. The molecule has 1 aliphatic heterocycles. The molecule has 0 radical (unpaired) electrons. The molecule has 0 saturated carbocycles. The zero-order valence-electron chi connectivity index (χ0n) is 13.1. The van der Waals surface area contributed by atoms with Gasteiger partial charge in [-0.25, -0.2) is 0 Å². The molecule has 124 valence electrons. The van der Waals surface area contributed by atoms with E-state index in [1.165, 1.54) is 28.8 Å². The molecule has 1 N–H and O–H groups in total. The van der Waals surface area contributed by atoms with E-state index in [4.69, 9.17) is 21.1 Å². The van der Waals surface area contributed by atoms with Gasteiger partial charge >= 0.3 is 0 Å². The van der Waals surface area contributed by atoms with Gasteiger partial charge in [-0.2, -0.15) is 0 Å². The molecule has 3 rings (SSSR count). The number of halogens is 1. The van der Waals surface area contributed by atoms with Crippen LogP contribution in [0.2, 0.25) is 5.02 Å². The van der Waals surface area contributed by atoms with Gasteiger partial charge in [-0.05, 0) is 60.5 Å². The second-order valence-corrected chi connectivity index (χ2v) is 7.07. The second-order valence-electron chi connectivity index (χ2n) is 5.69. The summed E-state index contributed by atoms with van der Waals surface area (Å²) in [4.78, 5) is 1.17. The van der Waals surface area contributed by atoms with E-state index in [1.807, 2.05) is 12.1 Å². The number of benzene rings is 1. The van der Waals surface area contributed by atoms with Crippen LogP contribution in [0.4, 0.5) is 0 Å². The van der Waals surface area contributed by atoms with Gasteiger partial charge in [0.25, 0.3) is 0 Å². The average Bonchev–Trinajstić information content (AvgIpc) is 3.22. The Morgan fingerprint density at radius 2 is 2.00 bits per heavy atom. The number of rotatable bonds is 8. The van der Waals surface area contributed by atoms with Crippen molar-refractivity contribution in [3.8, 4) is 0 Å². The van der Waals surface area contributed by atoms with Crippen LogP contribution in [-0.2, 0) is 22.4 Å². The van der Waals surface area contributed by atoms with E-state index in [2.05, 4.69) is 28.9 Å². The first kappa shape index (κ1) is 16.9. The van der Waals surface area contributed by atoms with Gasteiger partial charge in [0.15, 0.2) is 6.29 Å². The Labute approximate surface area is 146 Å². The van der Waals surface area contributed by atoms with Crippen LogP contribution in [0.3, 0.4) is 0 Å². The van der Waals surface area contributed by atoms with E-state index in [0.29, 0.717) is 13.2 Å². The lowest BCUT2D eigenvalue weighted by Gasteiger charge is -2.05. The first-order chi connectivity index (χ1) is 11.3. The number of hydrogen-bond acceptors (Lipinski definition) is 4. The molecule has 0 unspecified atom stereocenters. The molecule has 1 aromatic carbocycles. The predicted molar refractivity (Wildman–Crippen MR) is 95.1 cm³/mol. The zero-order chi connectivity index (χ0) is 15.9. The average molecular weight is 352 g/mol. The minimum atomic E-state index is -0.147. The van der Waals surface area contributed by atoms with Gasteiger partial charge in [-0.1, -0.05) is 23.7 Å². The summed E-state index contributed by atoms with van der Waals surface area (Å²) in [5, 5.41) is 6.51. The summed E-state index contributed by atoms with van der Waals surface area (Å²) in [6.45, 7) is 3.33. The van der Waals surface area contributed by atoms with Crippen LogP contribution in [0.25, 0.3) is 0 Å². The second kappa shape index (κ2) is 8.81. The van der Waals surface area contributed by atoms with Crippen LogP contribution < -0.4 is 5.32 Å². The van der Waals surface area contributed by atoms with Crippen molar-refractivity contribution in [1.82, 2.24) is 5.32 Å². The Hall–Kier alpha value is -0.910. The van der Waals surface area contributed by atoms with E-state index in [1.54, 1.807) is 11.3 Å². The smallest absolute Gasteiger partial charge is 0.193 e. The maximum atomic E-state index is 6.00. The number of hydrogen-bond donors (Lipinski definition) is 1. The summed E-state index contributed by atoms with van der Waals surface area (Å²) in [7, 11) is 0. The normalized spacial score (nSPS) is 15.3. The topological polar surface area (TPSA) is 30.5 Å². The Kier molecular flexibility index (Phi) is 6.48. The van der Waals surface area contributed by atoms with Crippen molar-refractivity contribution in [2.45, 2.75) is 32.1 Å². The van der Waals surface area contributed by atoms with E-state index >= 15 is 0 Å². The molecule has 0 spiro atoms. The minimum Gasteiger partial charge on any atom is -0.345 e. The van der Waals surface area contributed by atoms with Crippen molar-refractivity contribution in [2.75, 3.05) is 19.8 Å². The Balaban J connectivity index is 1.31. The van der Waals surface area contributed by atoms with Crippen LogP contribution in [0.15, 0.2) is 35.7 Å². The molecule has 1 fully saturated rings. The number of thiophene rings is 1. The highest BCUT2D eigenvalue weighted by Crippen LogP contribution is 2.28. The van der Waals surface area contributed by atoms with Crippen LogP contribution in [-0.4, -0.2) is 19.8 Å². The first-order valence-electron chi connectivity index (χ1n) is 8.07. The summed E-state index contributed by atoms with van der Waals surface area (Å²) < 4.78 is 11.0. The third-order valence-electron chi connectivity index (χ3n) is 3.82. The molecule has 2 heterocycles. The van der Waals surface area contributed by atoms with Gasteiger partial charge in [0.05, 0.1) is 18.1 Å². The maximum Gasteiger partial charge on any atom is 0.193 e. The number of aryl methyl sites for hydroxylation is 1. The predicted octanol–water partition coefficient (Wildman–Crippen LogP) is 4.56. The molecule has 3 nitrogen and oxygen atoms in total. The lowest BCUT2D eigenvalue weighted by atomic mass is 10.1. The molecule has 5 heteroatoms. The molecular formula is C18H22ClNO2S.